The standard InChI is InChI=1S/C11H21N3O4/c1-5-11(6-2,8(16)17)14-9(18)13-10(3,4)7(12)15/h5-6H2,1-4H3,(H2,12,15)(H,16,17)(H2,13,14,18). The minimum absolute atomic E-state index is 0.239. The quantitative estimate of drug-likeness (QED) is 0.544. The van der Waals surface area contributed by atoms with Gasteiger partial charge in [-0.3, -0.25) is 4.79 Å². The van der Waals surface area contributed by atoms with E-state index in [1.165, 1.54) is 13.8 Å². The molecule has 0 radical (unpaired) electrons. The van der Waals surface area contributed by atoms with Crippen molar-refractivity contribution in [3.8, 4) is 0 Å². The van der Waals surface area contributed by atoms with Gasteiger partial charge in [0.2, 0.25) is 5.91 Å². The Balaban J connectivity index is 4.84. The minimum atomic E-state index is -1.34. The molecule has 0 aromatic heterocycles. The topological polar surface area (TPSA) is 122 Å². The second kappa shape index (κ2) is 5.70. The second-order valence-corrected chi connectivity index (χ2v) is 4.66. The molecule has 5 N–H and O–H groups in total. The molecule has 0 fully saturated rings. The van der Waals surface area contributed by atoms with Crippen molar-refractivity contribution >= 4 is 17.9 Å². The lowest BCUT2D eigenvalue weighted by molar-refractivity contribution is -0.144. The van der Waals surface area contributed by atoms with Crippen molar-refractivity contribution in [3.63, 3.8) is 0 Å². The van der Waals surface area contributed by atoms with Gasteiger partial charge in [-0.05, 0) is 26.7 Å². The molecule has 0 bridgehead atoms. The number of urea groups is 1. The highest BCUT2D eigenvalue weighted by Gasteiger charge is 2.38. The van der Waals surface area contributed by atoms with Crippen LogP contribution in [-0.4, -0.2) is 34.1 Å². The predicted molar refractivity (Wildman–Crippen MR) is 65.9 cm³/mol. The maximum absolute atomic E-state index is 11.7. The molecule has 0 heterocycles. The molecule has 0 aromatic rings. The fourth-order valence-electron chi connectivity index (χ4n) is 1.38. The van der Waals surface area contributed by atoms with Crippen molar-refractivity contribution in [1.82, 2.24) is 10.6 Å². The van der Waals surface area contributed by atoms with E-state index in [1.54, 1.807) is 13.8 Å². The summed E-state index contributed by atoms with van der Waals surface area (Å²) in [5.41, 5.74) is 2.53. The minimum Gasteiger partial charge on any atom is -0.480 e. The highest BCUT2D eigenvalue weighted by Crippen LogP contribution is 2.15. The Bertz CT molecular complexity index is 348. The van der Waals surface area contributed by atoms with Crippen molar-refractivity contribution in [2.75, 3.05) is 0 Å². The maximum atomic E-state index is 11.7. The number of nitrogens with two attached hydrogens (primary N) is 1. The average molecular weight is 259 g/mol. The first-order valence-corrected chi connectivity index (χ1v) is 5.75. The summed E-state index contributed by atoms with van der Waals surface area (Å²) in [5, 5.41) is 13.9. The lowest BCUT2D eigenvalue weighted by Gasteiger charge is -2.30. The van der Waals surface area contributed by atoms with E-state index in [0.717, 1.165) is 0 Å². The van der Waals surface area contributed by atoms with Gasteiger partial charge >= 0.3 is 12.0 Å². The van der Waals surface area contributed by atoms with Crippen LogP contribution in [0.5, 0.6) is 0 Å². The summed E-state index contributed by atoms with van der Waals surface area (Å²) in [6, 6.07) is -0.732. The predicted octanol–water partition coefficient (Wildman–Crippen LogP) is 0.193. The van der Waals surface area contributed by atoms with Gasteiger partial charge in [0.1, 0.15) is 11.1 Å². The molecular weight excluding hydrogens is 238 g/mol. The normalized spacial score (nSPS) is 11.8. The highest BCUT2D eigenvalue weighted by atomic mass is 16.4. The maximum Gasteiger partial charge on any atom is 0.329 e. The Morgan fingerprint density at radius 3 is 1.83 bits per heavy atom. The van der Waals surface area contributed by atoms with Crippen LogP contribution in [0.15, 0.2) is 0 Å². The summed E-state index contributed by atoms with van der Waals surface area (Å²) in [5.74, 6) is -1.81. The molecule has 0 rings (SSSR count). The van der Waals surface area contributed by atoms with Crippen LogP contribution in [0.3, 0.4) is 0 Å². The monoisotopic (exact) mass is 259 g/mol. The largest absolute Gasteiger partial charge is 0.480 e. The van der Waals surface area contributed by atoms with Crippen LogP contribution < -0.4 is 16.4 Å². The molecule has 0 saturated carbocycles. The molecule has 0 unspecified atom stereocenters. The Labute approximate surface area is 106 Å². The molecular formula is C11H21N3O4. The molecule has 18 heavy (non-hydrogen) atoms. The van der Waals surface area contributed by atoms with Crippen LogP contribution in [0.2, 0.25) is 0 Å². The average Bonchev–Trinajstić information content (AvgIpc) is 2.24. The fourth-order valence-corrected chi connectivity index (χ4v) is 1.38. The van der Waals surface area contributed by atoms with Crippen LogP contribution in [0, 0.1) is 0 Å². The molecule has 7 nitrogen and oxygen atoms in total. The number of carbonyl (C=O) groups is 3. The summed E-state index contributed by atoms with van der Waals surface area (Å²) in [6.45, 7) is 6.21. The highest BCUT2D eigenvalue weighted by molar-refractivity contribution is 5.91. The SMILES string of the molecule is CCC(CC)(NC(=O)NC(C)(C)C(N)=O)C(=O)O. The molecule has 3 amide bonds. The summed E-state index contributed by atoms with van der Waals surface area (Å²) in [4.78, 5) is 34.0. The van der Waals surface area contributed by atoms with Gasteiger partial charge in [0.05, 0.1) is 0 Å². The van der Waals surface area contributed by atoms with Crippen LogP contribution in [-0.2, 0) is 9.59 Å². The van der Waals surface area contributed by atoms with E-state index in [2.05, 4.69) is 10.6 Å². The number of hydrogen-bond donors (Lipinski definition) is 4. The van der Waals surface area contributed by atoms with Gasteiger partial charge in [0.15, 0.2) is 0 Å². The van der Waals surface area contributed by atoms with Crippen LogP contribution in [0.25, 0.3) is 0 Å². The van der Waals surface area contributed by atoms with Gasteiger partial charge in [-0.2, -0.15) is 0 Å². The lowest BCUT2D eigenvalue weighted by Crippen LogP contribution is -2.62. The number of amides is 3. The van der Waals surface area contributed by atoms with Crippen LogP contribution in [0.1, 0.15) is 40.5 Å². The fraction of sp³-hybridized carbons (Fsp3) is 0.727. The van der Waals surface area contributed by atoms with E-state index >= 15 is 0 Å². The van der Waals surface area contributed by atoms with Crippen LogP contribution in [0.4, 0.5) is 4.79 Å². The molecule has 0 aliphatic rings. The van der Waals surface area contributed by atoms with E-state index < -0.39 is 29.0 Å². The van der Waals surface area contributed by atoms with Gasteiger partial charge < -0.3 is 21.5 Å². The summed E-state index contributed by atoms with van der Waals surface area (Å²) in [7, 11) is 0. The van der Waals surface area contributed by atoms with E-state index in [9.17, 15) is 14.4 Å². The van der Waals surface area contributed by atoms with Gasteiger partial charge in [-0.1, -0.05) is 13.8 Å². The van der Waals surface area contributed by atoms with Crippen molar-refractivity contribution < 1.29 is 19.5 Å². The number of carboxylic acid groups (broad SMARTS) is 1. The number of carbonyl (C=O) groups excluding carboxylic acids is 2. The van der Waals surface area contributed by atoms with Gasteiger partial charge in [-0.15, -0.1) is 0 Å². The molecule has 0 atom stereocenters. The first-order chi connectivity index (χ1) is 8.11. The molecule has 104 valence electrons. The van der Waals surface area contributed by atoms with Crippen LogP contribution >= 0.6 is 0 Å². The van der Waals surface area contributed by atoms with E-state index in [0.29, 0.717) is 0 Å². The summed E-state index contributed by atoms with van der Waals surface area (Å²) < 4.78 is 0. The molecule has 7 heteroatoms. The second-order valence-electron chi connectivity index (χ2n) is 4.66. The molecule has 0 spiro atoms. The Morgan fingerprint density at radius 2 is 1.56 bits per heavy atom. The third-order valence-corrected chi connectivity index (χ3v) is 3.01. The number of nitrogens with one attached hydrogen (secondary N) is 2. The molecule has 0 saturated heterocycles. The number of rotatable bonds is 6. The van der Waals surface area contributed by atoms with Crippen molar-refractivity contribution in [1.29, 1.82) is 0 Å². The number of carboxylic acids is 1. The molecule has 0 aliphatic heterocycles. The third-order valence-electron chi connectivity index (χ3n) is 3.01. The van der Waals surface area contributed by atoms with Crippen molar-refractivity contribution in [2.45, 2.75) is 51.6 Å². The van der Waals surface area contributed by atoms with Gasteiger partial charge in [0, 0.05) is 0 Å². The molecule has 0 aromatic carbocycles. The Hall–Kier alpha value is -1.79. The van der Waals surface area contributed by atoms with Gasteiger partial charge in [0.25, 0.3) is 0 Å². The van der Waals surface area contributed by atoms with Crippen molar-refractivity contribution in [2.24, 2.45) is 5.73 Å². The third kappa shape index (κ3) is 3.61. The molecule has 0 aliphatic carbocycles. The zero-order valence-electron chi connectivity index (χ0n) is 11.2. The smallest absolute Gasteiger partial charge is 0.329 e. The Morgan fingerprint density at radius 1 is 1.11 bits per heavy atom. The number of hydrogen-bond acceptors (Lipinski definition) is 3. The zero-order valence-corrected chi connectivity index (χ0v) is 11.2. The summed E-state index contributed by atoms with van der Waals surface area (Å²) in [6.07, 6.45) is 0.479. The van der Waals surface area contributed by atoms with Crippen molar-refractivity contribution in [3.05, 3.63) is 0 Å². The summed E-state index contributed by atoms with van der Waals surface area (Å²) >= 11 is 0. The van der Waals surface area contributed by atoms with E-state index in [-0.39, 0.29) is 12.8 Å². The lowest BCUT2D eigenvalue weighted by atomic mass is 9.93. The first-order valence-electron chi connectivity index (χ1n) is 5.75. The number of primary amides is 1. The van der Waals surface area contributed by atoms with Gasteiger partial charge in [-0.25, -0.2) is 9.59 Å². The number of aliphatic carboxylic acids is 1. The first kappa shape index (κ1) is 16.2. The van der Waals surface area contributed by atoms with E-state index in [1.807, 2.05) is 0 Å². The Kier molecular flexibility index (Phi) is 5.13. The zero-order chi connectivity index (χ0) is 14.6. The van der Waals surface area contributed by atoms with E-state index in [4.69, 9.17) is 10.8 Å².